The fourth-order valence-electron chi connectivity index (χ4n) is 10.6. The van der Waals surface area contributed by atoms with Crippen LogP contribution < -0.4 is 0 Å². The number of aromatic nitrogens is 3. The Bertz CT molecular complexity index is 3930. The van der Waals surface area contributed by atoms with Crippen LogP contribution in [0.1, 0.15) is 0 Å². The van der Waals surface area contributed by atoms with Gasteiger partial charge in [0.2, 0.25) is 0 Å². The summed E-state index contributed by atoms with van der Waals surface area (Å²) in [5.74, 6) is 0. The second kappa shape index (κ2) is 9.79. The molecule has 55 heavy (non-hydrogen) atoms. The van der Waals surface area contributed by atoms with Gasteiger partial charge >= 0.3 is 0 Å². The van der Waals surface area contributed by atoms with E-state index in [9.17, 15) is 0 Å². The van der Waals surface area contributed by atoms with Gasteiger partial charge in [0.1, 0.15) is 0 Å². The second-order valence-electron chi connectivity index (χ2n) is 15.2. The Kier molecular flexibility index (Phi) is 5.01. The highest BCUT2D eigenvalue weighted by Gasteiger charge is 2.24. The van der Waals surface area contributed by atoms with Crippen molar-refractivity contribution in [2.75, 3.05) is 0 Å². The van der Waals surface area contributed by atoms with Crippen molar-refractivity contribution in [3.8, 4) is 16.8 Å². The van der Waals surface area contributed by atoms with Gasteiger partial charge in [-0.1, -0.05) is 133 Å². The summed E-state index contributed by atoms with van der Waals surface area (Å²) < 4.78 is 7.48. The minimum Gasteiger partial charge on any atom is -0.309 e. The predicted molar refractivity (Wildman–Crippen MR) is 233 cm³/mol. The highest BCUT2D eigenvalue weighted by molar-refractivity contribution is 6.34. The Balaban J connectivity index is 1.10. The van der Waals surface area contributed by atoms with Gasteiger partial charge < -0.3 is 13.4 Å². The van der Waals surface area contributed by atoms with Crippen LogP contribution in [0, 0.1) is 0 Å². The summed E-state index contributed by atoms with van der Waals surface area (Å²) in [6, 6.07) is 65.5. The lowest BCUT2D eigenvalue weighted by Gasteiger charge is -2.10. The summed E-state index contributed by atoms with van der Waals surface area (Å²) in [6.07, 6.45) is 0. The summed E-state index contributed by atoms with van der Waals surface area (Å²) in [5, 5.41) is 15.6. The summed E-state index contributed by atoms with van der Waals surface area (Å²) in [4.78, 5) is 0. The first kappa shape index (κ1) is 28.2. The van der Waals surface area contributed by atoms with Gasteiger partial charge in [0.05, 0.1) is 44.1 Å². The van der Waals surface area contributed by atoms with E-state index in [1.165, 1.54) is 126 Å². The molecule has 5 heterocycles. The van der Waals surface area contributed by atoms with Crippen molar-refractivity contribution in [3.05, 3.63) is 176 Å². The van der Waals surface area contributed by atoms with Crippen molar-refractivity contribution in [2.45, 2.75) is 0 Å². The molecule has 0 amide bonds. The molecule has 14 rings (SSSR count). The van der Waals surface area contributed by atoms with Crippen LogP contribution in [0.25, 0.3) is 126 Å². The van der Waals surface area contributed by atoms with Crippen molar-refractivity contribution in [1.29, 1.82) is 0 Å². The van der Waals surface area contributed by atoms with E-state index in [2.05, 4.69) is 189 Å². The molecule has 0 radical (unpaired) electrons. The molecule has 3 heteroatoms. The van der Waals surface area contributed by atoms with E-state index in [1.807, 2.05) is 0 Å². The molecule has 3 nitrogen and oxygen atoms in total. The van der Waals surface area contributed by atoms with E-state index in [0.717, 1.165) is 0 Å². The number of nitrogens with zero attached hydrogens (tertiary/aromatic N) is 3. The van der Waals surface area contributed by atoms with E-state index < -0.39 is 0 Å². The first-order chi connectivity index (χ1) is 27.3. The van der Waals surface area contributed by atoms with E-state index in [-0.39, 0.29) is 0 Å². The van der Waals surface area contributed by atoms with E-state index in [0.29, 0.717) is 0 Å². The maximum Gasteiger partial charge on any atom is 0.0620 e. The smallest absolute Gasteiger partial charge is 0.0620 e. The third-order valence-electron chi connectivity index (χ3n) is 12.7. The fraction of sp³-hybridized carbons (Fsp3) is 0. The lowest BCUT2D eigenvalue weighted by atomic mass is 9.98. The minimum absolute atomic E-state index is 1.18. The molecule has 0 fully saturated rings. The van der Waals surface area contributed by atoms with Crippen LogP contribution in [0.5, 0.6) is 0 Å². The monoisotopic (exact) mass is 695 g/mol. The maximum atomic E-state index is 2.56. The summed E-state index contributed by atoms with van der Waals surface area (Å²) >= 11 is 0. The Hall–Kier alpha value is -7.36. The third-order valence-corrected chi connectivity index (χ3v) is 12.7. The minimum atomic E-state index is 1.18. The SMILES string of the molecule is c1ccc(-n2c3ccccc3c3cc(-c4cccc5c6cccc7c8c9ccc%10c%11cccc%12c%13ccccc%13n(c%10c9ccc8n(c45)c67)c%12%11)ccc32)cc1. The Morgan fingerprint density at radius 2 is 0.764 bits per heavy atom. The molecule has 14 aromatic rings. The molecule has 5 aromatic heterocycles. The molecule has 0 aliphatic carbocycles. The molecule has 9 aromatic carbocycles. The van der Waals surface area contributed by atoms with Gasteiger partial charge in [-0.05, 0) is 53.4 Å². The van der Waals surface area contributed by atoms with Gasteiger partial charge in [-0.2, -0.15) is 0 Å². The standard InChI is InChI=1S/C52H29N3/c1-2-11-31(12-3-1)53-44-21-6-5-14-34(44)43-29-30(23-27-46(43)53)32-15-8-17-37-38-19-10-20-42-48-35-24-25-41-39-18-9-16-36-33-13-4-7-22-45(33)54(50(36)39)51(41)40(35)26-28-47(48)55(49(32)37)52(38)42/h1-29H. The van der Waals surface area contributed by atoms with E-state index >= 15 is 0 Å². The van der Waals surface area contributed by atoms with Crippen LogP contribution in [-0.4, -0.2) is 13.4 Å². The lowest BCUT2D eigenvalue weighted by Crippen LogP contribution is -1.93. The van der Waals surface area contributed by atoms with Gasteiger partial charge in [0.25, 0.3) is 0 Å². The molecule has 252 valence electrons. The normalized spacial score (nSPS) is 12.7. The van der Waals surface area contributed by atoms with Crippen LogP contribution in [-0.2, 0) is 0 Å². The first-order valence-electron chi connectivity index (χ1n) is 19.1. The van der Waals surface area contributed by atoms with Crippen LogP contribution in [0.3, 0.4) is 0 Å². The Morgan fingerprint density at radius 1 is 0.273 bits per heavy atom. The van der Waals surface area contributed by atoms with Crippen molar-refractivity contribution in [1.82, 2.24) is 13.4 Å². The number of hydrogen-bond acceptors (Lipinski definition) is 0. The predicted octanol–water partition coefficient (Wildman–Crippen LogP) is 13.9. The van der Waals surface area contributed by atoms with E-state index in [1.54, 1.807) is 0 Å². The molecule has 0 spiro atoms. The molecule has 0 aliphatic rings. The topological polar surface area (TPSA) is 13.8 Å². The molecule has 0 saturated carbocycles. The van der Waals surface area contributed by atoms with Crippen LogP contribution >= 0.6 is 0 Å². The largest absolute Gasteiger partial charge is 0.309 e. The fourth-order valence-corrected chi connectivity index (χ4v) is 10.6. The molecule has 0 atom stereocenters. The van der Waals surface area contributed by atoms with Crippen molar-refractivity contribution >= 4 is 109 Å². The van der Waals surface area contributed by atoms with Crippen LogP contribution in [0.15, 0.2) is 176 Å². The molecule has 0 aliphatic heterocycles. The lowest BCUT2D eigenvalue weighted by molar-refractivity contribution is 1.18. The average Bonchev–Trinajstić information content (AvgIpc) is 4.04. The summed E-state index contributed by atoms with van der Waals surface area (Å²) in [6.45, 7) is 0. The number of para-hydroxylation sites is 6. The first-order valence-corrected chi connectivity index (χ1v) is 19.1. The molecular formula is C52H29N3. The zero-order valence-electron chi connectivity index (χ0n) is 29.6. The second-order valence-corrected chi connectivity index (χ2v) is 15.2. The Morgan fingerprint density at radius 3 is 1.56 bits per heavy atom. The highest BCUT2D eigenvalue weighted by atomic mass is 15.0. The molecule has 0 saturated heterocycles. The maximum absolute atomic E-state index is 2.56. The highest BCUT2D eigenvalue weighted by Crippen LogP contribution is 2.47. The quantitative estimate of drug-likeness (QED) is 0.171. The summed E-state index contributed by atoms with van der Waals surface area (Å²) in [7, 11) is 0. The van der Waals surface area contributed by atoms with Crippen molar-refractivity contribution in [2.24, 2.45) is 0 Å². The summed E-state index contributed by atoms with van der Waals surface area (Å²) in [5.41, 5.74) is 13.8. The molecule has 0 N–H and O–H groups in total. The number of benzene rings is 9. The van der Waals surface area contributed by atoms with Gasteiger partial charge in [0.15, 0.2) is 0 Å². The van der Waals surface area contributed by atoms with E-state index in [4.69, 9.17) is 0 Å². The van der Waals surface area contributed by atoms with Gasteiger partial charge in [-0.25, -0.2) is 0 Å². The number of hydrogen-bond donors (Lipinski definition) is 0. The van der Waals surface area contributed by atoms with Gasteiger partial charge in [-0.15, -0.1) is 0 Å². The van der Waals surface area contributed by atoms with Crippen LogP contribution in [0.4, 0.5) is 0 Å². The van der Waals surface area contributed by atoms with Crippen molar-refractivity contribution in [3.63, 3.8) is 0 Å². The van der Waals surface area contributed by atoms with Gasteiger partial charge in [-0.3, -0.25) is 0 Å². The number of fused-ring (bicyclic) bond motifs is 18. The van der Waals surface area contributed by atoms with Crippen molar-refractivity contribution < 1.29 is 0 Å². The molecule has 0 bridgehead atoms. The zero-order chi connectivity index (χ0) is 35.5. The number of rotatable bonds is 2. The Labute approximate surface area is 313 Å². The van der Waals surface area contributed by atoms with Crippen LogP contribution in [0.2, 0.25) is 0 Å². The molecular weight excluding hydrogens is 667 g/mol. The van der Waals surface area contributed by atoms with Gasteiger partial charge in [0, 0.05) is 70.5 Å². The third kappa shape index (κ3) is 3.31. The molecule has 0 unspecified atom stereocenters. The zero-order valence-corrected chi connectivity index (χ0v) is 29.6. The average molecular weight is 696 g/mol.